The molecule has 17 heavy (non-hydrogen) atoms. The Morgan fingerprint density at radius 1 is 1.12 bits per heavy atom. The van der Waals surface area contributed by atoms with Crippen molar-refractivity contribution in [1.29, 1.82) is 0 Å². The van der Waals surface area contributed by atoms with Gasteiger partial charge in [-0.2, -0.15) is 0 Å². The van der Waals surface area contributed by atoms with Crippen LogP contribution in [0.1, 0.15) is 33.3 Å². The van der Waals surface area contributed by atoms with Crippen LogP contribution in [0.25, 0.3) is 0 Å². The van der Waals surface area contributed by atoms with Gasteiger partial charge in [0.2, 0.25) is 0 Å². The van der Waals surface area contributed by atoms with E-state index in [0.29, 0.717) is 12.1 Å². The van der Waals surface area contributed by atoms with Crippen LogP contribution in [0.4, 0.5) is 0 Å². The molecule has 0 spiro atoms. The largest absolute Gasteiger partial charge is 0.315 e. The maximum Gasteiger partial charge on any atom is 0.0239 e. The van der Waals surface area contributed by atoms with Crippen LogP contribution < -0.4 is 5.32 Å². The molecule has 0 saturated carbocycles. The van der Waals surface area contributed by atoms with E-state index in [1.165, 1.54) is 5.56 Å². The molecule has 0 radical (unpaired) electrons. The molecule has 0 fully saturated rings. The van der Waals surface area contributed by atoms with E-state index in [4.69, 9.17) is 0 Å². The maximum absolute atomic E-state index is 3.43. The van der Waals surface area contributed by atoms with Crippen LogP contribution in [0.2, 0.25) is 0 Å². The molecule has 0 aliphatic carbocycles. The molecular weight excluding hydrogens is 208 g/mol. The molecule has 1 unspecified atom stereocenters. The Balaban J connectivity index is 2.60. The zero-order chi connectivity index (χ0) is 12.7. The Hall–Kier alpha value is -0.860. The zero-order valence-corrected chi connectivity index (χ0v) is 11.6. The highest BCUT2D eigenvalue weighted by Gasteiger charge is 2.16. The summed E-state index contributed by atoms with van der Waals surface area (Å²) in [7, 11) is 0. The van der Waals surface area contributed by atoms with E-state index in [2.05, 4.69) is 68.2 Å². The lowest BCUT2D eigenvalue weighted by Crippen LogP contribution is -2.43. The van der Waals surface area contributed by atoms with Crippen molar-refractivity contribution in [2.24, 2.45) is 0 Å². The average molecular weight is 234 g/mol. The van der Waals surface area contributed by atoms with Crippen LogP contribution in [0, 0.1) is 0 Å². The Morgan fingerprint density at radius 2 is 1.76 bits per heavy atom. The van der Waals surface area contributed by atoms with E-state index in [1.807, 2.05) is 0 Å². The van der Waals surface area contributed by atoms with Crippen LogP contribution in [-0.2, 0) is 6.54 Å². The highest BCUT2D eigenvalue weighted by molar-refractivity contribution is 5.14. The van der Waals surface area contributed by atoms with Gasteiger partial charge in [0.1, 0.15) is 0 Å². The summed E-state index contributed by atoms with van der Waals surface area (Å²) in [5.74, 6) is 0. The first-order valence-corrected chi connectivity index (χ1v) is 6.65. The van der Waals surface area contributed by atoms with E-state index in [9.17, 15) is 0 Å². The maximum atomic E-state index is 3.43. The molecule has 2 heteroatoms. The van der Waals surface area contributed by atoms with E-state index >= 15 is 0 Å². The molecule has 0 saturated heterocycles. The number of likely N-dealkylation sites (N-methyl/N-ethyl adjacent to an activating group) is 1. The molecule has 0 amide bonds. The highest BCUT2D eigenvalue weighted by Crippen LogP contribution is 2.11. The number of nitrogens with one attached hydrogen (secondary N) is 1. The Morgan fingerprint density at radius 3 is 2.29 bits per heavy atom. The summed E-state index contributed by atoms with van der Waals surface area (Å²) in [6, 6.07) is 11.8. The van der Waals surface area contributed by atoms with Crippen LogP contribution in [0.3, 0.4) is 0 Å². The summed E-state index contributed by atoms with van der Waals surface area (Å²) >= 11 is 0. The minimum Gasteiger partial charge on any atom is -0.315 e. The first-order valence-electron chi connectivity index (χ1n) is 6.65. The summed E-state index contributed by atoms with van der Waals surface area (Å²) in [6.45, 7) is 12.1. The fourth-order valence-electron chi connectivity index (χ4n) is 2.11. The number of nitrogens with zero attached hydrogens (tertiary/aromatic N) is 1. The lowest BCUT2D eigenvalue weighted by atomic mass is 10.1. The predicted molar refractivity (Wildman–Crippen MR) is 75.1 cm³/mol. The average Bonchev–Trinajstić information content (AvgIpc) is 2.34. The SMILES string of the molecule is CCNCC(C)N(Cc1ccccc1)C(C)C. The summed E-state index contributed by atoms with van der Waals surface area (Å²) in [6.07, 6.45) is 0. The molecular formula is C15H26N2. The Bertz CT molecular complexity index is 295. The van der Waals surface area contributed by atoms with Gasteiger partial charge in [-0.25, -0.2) is 0 Å². The molecule has 0 heterocycles. The van der Waals surface area contributed by atoms with Gasteiger partial charge in [-0.05, 0) is 32.9 Å². The van der Waals surface area contributed by atoms with Gasteiger partial charge < -0.3 is 5.32 Å². The molecule has 0 aliphatic rings. The van der Waals surface area contributed by atoms with Gasteiger partial charge in [-0.3, -0.25) is 4.90 Å². The van der Waals surface area contributed by atoms with Gasteiger partial charge in [-0.15, -0.1) is 0 Å². The molecule has 0 aromatic heterocycles. The van der Waals surface area contributed by atoms with E-state index in [0.717, 1.165) is 19.6 Å². The molecule has 0 bridgehead atoms. The van der Waals surface area contributed by atoms with Crippen molar-refractivity contribution >= 4 is 0 Å². The van der Waals surface area contributed by atoms with Gasteiger partial charge in [0.05, 0.1) is 0 Å². The fraction of sp³-hybridized carbons (Fsp3) is 0.600. The summed E-state index contributed by atoms with van der Waals surface area (Å²) in [5.41, 5.74) is 1.39. The van der Waals surface area contributed by atoms with Crippen molar-refractivity contribution in [3.05, 3.63) is 35.9 Å². The minimum absolute atomic E-state index is 0.565. The first-order chi connectivity index (χ1) is 8.15. The van der Waals surface area contributed by atoms with Gasteiger partial charge in [0.25, 0.3) is 0 Å². The van der Waals surface area contributed by atoms with E-state index in [-0.39, 0.29) is 0 Å². The topological polar surface area (TPSA) is 15.3 Å². The van der Waals surface area contributed by atoms with Crippen molar-refractivity contribution in [3.63, 3.8) is 0 Å². The fourth-order valence-corrected chi connectivity index (χ4v) is 2.11. The molecule has 1 aromatic rings. The first kappa shape index (κ1) is 14.2. The van der Waals surface area contributed by atoms with Crippen LogP contribution in [0.5, 0.6) is 0 Å². The number of hydrogen-bond donors (Lipinski definition) is 1. The second kappa shape index (κ2) is 7.46. The lowest BCUT2D eigenvalue weighted by Gasteiger charge is -2.33. The molecule has 1 atom stereocenters. The second-order valence-electron chi connectivity index (χ2n) is 4.91. The standard InChI is InChI=1S/C15H26N2/c1-5-16-11-14(4)17(13(2)3)12-15-9-7-6-8-10-15/h6-10,13-14,16H,5,11-12H2,1-4H3. The zero-order valence-electron chi connectivity index (χ0n) is 11.6. The third kappa shape index (κ3) is 4.88. The molecule has 0 aliphatic heterocycles. The van der Waals surface area contributed by atoms with Gasteiger partial charge in [-0.1, -0.05) is 37.3 Å². The highest BCUT2D eigenvalue weighted by atomic mass is 15.2. The predicted octanol–water partition coefficient (Wildman–Crippen LogP) is 2.90. The third-order valence-electron chi connectivity index (χ3n) is 3.13. The van der Waals surface area contributed by atoms with Crippen molar-refractivity contribution in [3.8, 4) is 0 Å². The summed E-state index contributed by atoms with van der Waals surface area (Å²) in [4.78, 5) is 2.54. The van der Waals surface area contributed by atoms with Crippen molar-refractivity contribution in [1.82, 2.24) is 10.2 Å². The number of benzene rings is 1. The van der Waals surface area contributed by atoms with E-state index in [1.54, 1.807) is 0 Å². The quantitative estimate of drug-likeness (QED) is 0.780. The molecule has 96 valence electrons. The second-order valence-corrected chi connectivity index (χ2v) is 4.91. The number of rotatable bonds is 7. The summed E-state index contributed by atoms with van der Waals surface area (Å²) < 4.78 is 0. The lowest BCUT2D eigenvalue weighted by molar-refractivity contribution is 0.152. The van der Waals surface area contributed by atoms with Gasteiger partial charge >= 0.3 is 0 Å². The molecule has 1 aromatic carbocycles. The Labute approximate surface area is 106 Å². The molecule has 1 N–H and O–H groups in total. The molecule has 1 rings (SSSR count). The Kier molecular flexibility index (Phi) is 6.23. The number of hydrogen-bond acceptors (Lipinski definition) is 2. The minimum atomic E-state index is 0.565. The summed E-state index contributed by atoms with van der Waals surface area (Å²) in [5, 5.41) is 3.43. The molecule has 2 nitrogen and oxygen atoms in total. The van der Waals surface area contributed by atoms with Crippen molar-refractivity contribution in [2.45, 2.75) is 46.3 Å². The smallest absolute Gasteiger partial charge is 0.0239 e. The van der Waals surface area contributed by atoms with Crippen LogP contribution >= 0.6 is 0 Å². The van der Waals surface area contributed by atoms with Gasteiger partial charge in [0, 0.05) is 25.2 Å². The monoisotopic (exact) mass is 234 g/mol. The normalized spacial score (nSPS) is 13.3. The van der Waals surface area contributed by atoms with Gasteiger partial charge in [0.15, 0.2) is 0 Å². The van der Waals surface area contributed by atoms with Crippen molar-refractivity contribution in [2.75, 3.05) is 13.1 Å². The van der Waals surface area contributed by atoms with Crippen LogP contribution in [-0.4, -0.2) is 30.1 Å². The third-order valence-corrected chi connectivity index (χ3v) is 3.13. The van der Waals surface area contributed by atoms with E-state index < -0.39 is 0 Å². The van der Waals surface area contributed by atoms with Crippen molar-refractivity contribution < 1.29 is 0 Å². The van der Waals surface area contributed by atoms with Crippen LogP contribution in [0.15, 0.2) is 30.3 Å².